The molecule has 0 aromatic rings. The van der Waals surface area contributed by atoms with Crippen molar-refractivity contribution in [1.82, 2.24) is 4.90 Å². The van der Waals surface area contributed by atoms with Gasteiger partial charge in [0.25, 0.3) is 0 Å². The van der Waals surface area contributed by atoms with Crippen molar-refractivity contribution in [1.29, 1.82) is 0 Å². The zero-order valence-corrected chi connectivity index (χ0v) is 10.8. The van der Waals surface area contributed by atoms with E-state index in [0.717, 1.165) is 12.6 Å². The number of rotatable bonds is 3. The van der Waals surface area contributed by atoms with E-state index in [4.69, 9.17) is 11.5 Å². The Bertz CT molecular complexity index is 254. The second-order valence-corrected chi connectivity index (χ2v) is 5.44. The van der Waals surface area contributed by atoms with E-state index in [0.29, 0.717) is 6.04 Å². The lowest BCUT2D eigenvalue weighted by Crippen LogP contribution is -2.48. The van der Waals surface area contributed by atoms with E-state index < -0.39 is 0 Å². The monoisotopic (exact) mass is 238 g/mol. The highest BCUT2D eigenvalue weighted by Crippen LogP contribution is 2.28. The average Bonchev–Trinajstić information content (AvgIpc) is 2.38. The summed E-state index contributed by atoms with van der Waals surface area (Å²) in [6, 6.07) is 1.37. The van der Waals surface area contributed by atoms with Gasteiger partial charge >= 0.3 is 0 Å². The maximum atomic E-state index is 5.44. The fourth-order valence-electron chi connectivity index (χ4n) is 3.32. The molecule has 1 aliphatic heterocycles. The number of aliphatic imine (C=N–C) groups is 1. The molecular formula is C13H26N4. The van der Waals surface area contributed by atoms with Gasteiger partial charge in [0.15, 0.2) is 5.96 Å². The molecule has 98 valence electrons. The predicted molar refractivity (Wildman–Crippen MR) is 71.9 cm³/mol. The lowest BCUT2D eigenvalue weighted by atomic mass is 9.90. The molecular weight excluding hydrogens is 212 g/mol. The molecule has 1 atom stereocenters. The summed E-state index contributed by atoms with van der Waals surface area (Å²) in [5.74, 6) is 0.235. The first-order valence-corrected chi connectivity index (χ1v) is 7.08. The second kappa shape index (κ2) is 6.24. The SMILES string of the molecule is NC(N)=NCC1CCCCN1C1CCCCC1. The Kier molecular flexibility index (Phi) is 4.66. The van der Waals surface area contributed by atoms with Crippen LogP contribution in [0.3, 0.4) is 0 Å². The van der Waals surface area contributed by atoms with Crippen LogP contribution in [0.25, 0.3) is 0 Å². The van der Waals surface area contributed by atoms with Crippen LogP contribution < -0.4 is 11.5 Å². The minimum Gasteiger partial charge on any atom is -0.370 e. The highest BCUT2D eigenvalue weighted by molar-refractivity contribution is 5.75. The topological polar surface area (TPSA) is 67.6 Å². The van der Waals surface area contributed by atoms with Crippen LogP contribution in [-0.2, 0) is 0 Å². The summed E-state index contributed by atoms with van der Waals surface area (Å²) < 4.78 is 0. The Morgan fingerprint density at radius 3 is 2.41 bits per heavy atom. The average molecular weight is 238 g/mol. The van der Waals surface area contributed by atoms with Gasteiger partial charge < -0.3 is 11.5 Å². The highest BCUT2D eigenvalue weighted by Gasteiger charge is 2.29. The summed E-state index contributed by atoms with van der Waals surface area (Å²) in [4.78, 5) is 6.91. The van der Waals surface area contributed by atoms with Crippen LogP contribution in [0.5, 0.6) is 0 Å². The standard InChI is InChI=1S/C13H26N4/c14-13(15)16-10-12-8-4-5-9-17(12)11-6-2-1-3-7-11/h11-12H,1-10H2,(H4,14,15,16). The van der Waals surface area contributed by atoms with Crippen molar-refractivity contribution < 1.29 is 0 Å². The van der Waals surface area contributed by atoms with Gasteiger partial charge in [-0.2, -0.15) is 0 Å². The van der Waals surface area contributed by atoms with Gasteiger partial charge in [-0.25, -0.2) is 0 Å². The molecule has 1 heterocycles. The lowest BCUT2D eigenvalue weighted by Gasteiger charge is -2.42. The maximum Gasteiger partial charge on any atom is 0.185 e. The minimum absolute atomic E-state index is 0.235. The lowest BCUT2D eigenvalue weighted by molar-refractivity contribution is 0.0770. The number of hydrogen-bond acceptors (Lipinski definition) is 2. The van der Waals surface area contributed by atoms with Crippen molar-refractivity contribution in [3.8, 4) is 0 Å². The Balaban J connectivity index is 1.93. The number of likely N-dealkylation sites (tertiary alicyclic amines) is 1. The third-order valence-corrected chi connectivity index (χ3v) is 4.20. The molecule has 1 aliphatic carbocycles. The molecule has 0 radical (unpaired) electrons. The molecule has 4 heteroatoms. The fraction of sp³-hybridized carbons (Fsp3) is 0.923. The van der Waals surface area contributed by atoms with Gasteiger partial charge in [-0.1, -0.05) is 25.7 Å². The quantitative estimate of drug-likeness (QED) is 0.577. The van der Waals surface area contributed by atoms with Gasteiger partial charge in [0.05, 0.1) is 6.54 Å². The second-order valence-electron chi connectivity index (χ2n) is 5.44. The van der Waals surface area contributed by atoms with Crippen LogP contribution in [0, 0.1) is 0 Å². The zero-order valence-electron chi connectivity index (χ0n) is 10.8. The smallest absolute Gasteiger partial charge is 0.185 e. The Morgan fingerprint density at radius 2 is 1.71 bits per heavy atom. The molecule has 2 fully saturated rings. The van der Waals surface area contributed by atoms with Crippen LogP contribution in [0.2, 0.25) is 0 Å². The summed E-state index contributed by atoms with van der Waals surface area (Å²) >= 11 is 0. The number of nitrogens with two attached hydrogens (primary N) is 2. The van der Waals surface area contributed by atoms with Crippen LogP contribution in [0.1, 0.15) is 51.4 Å². The molecule has 0 spiro atoms. The Hall–Kier alpha value is -0.770. The maximum absolute atomic E-state index is 5.44. The van der Waals surface area contributed by atoms with Gasteiger partial charge in [0, 0.05) is 12.1 Å². The molecule has 4 nitrogen and oxygen atoms in total. The first-order chi connectivity index (χ1) is 8.27. The third-order valence-electron chi connectivity index (χ3n) is 4.20. The first kappa shape index (κ1) is 12.7. The van der Waals surface area contributed by atoms with Gasteiger partial charge in [0.1, 0.15) is 0 Å². The number of guanidine groups is 1. The molecule has 4 N–H and O–H groups in total. The highest BCUT2D eigenvalue weighted by atomic mass is 15.2. The summed E-state index contributed by atoms with van der Waals surface area (Å²) in [7, 11) is 0. The first-order valence-electron chi connectivity index (χ1n) is 7.08. The van der Waals surface area contributed by atoms with Crippen molar-refractivity contribution in [2.24, 2.45) is 16.5 Å². The largest absolute Gasteiger partial charge is 0.370 e. The molecule has 1 saturated heterocycles. The summed E-state index contributed by atoms with van der Waals surface area (Å²) in [6.45, 7) is 2.04. The number of nitrogens with zero attached hydrogens (tertiary/aromatic N) is 2. The van der Waals surface area contributed by atoms with Gasteiger partial charge in [0.2, 0.25) is 0 Å². The summed E-state index contributed by atoms with van der Waals surface area (Å²) in [5.41, 5.74) is 10.9. The van der Waals surface area contributed by atoms with E-state index >= 15 is 0 Å². The van der Waals surface area contributed by atoms with Crippen LogP contribution in [0.4, 0.5) is 0 Å². The molecule has 2 aliphatic rings. The van der Waals surface area contributed by atoms with Crippen molar-refractivity contribution in [3.05, 3.63) is 0 Å². The van der Waals surface area contributed by atoms with Crippen LogP contribution in [-0.4, -0.2) is 36.0 Å². The van der Waals surface area contributed by atoms with E-state index in [-0.39, 0.29) is 5.96 Å². The molecule has 0 amide bonds. The molecule has 0 aromatic heterocycles. The van der Waals surface area contributed by atoms with E-state index in [1.165, 1.54) is 57.9 Å². The minimum atomic E-state index is 0.235. The molecule has 0 aromatic carbocycles. The van der Waals surface area contributed by atoms with Crippen LogP contribution in [0.15, 0.2) is 4.99 Å². The van der Waals surface area contributed by atoms with E-state index in [1.807, 2.05) is 0 Å². The summed E-state index contributed by atoms with van der Waals surface area (Å²) in [5, 5.41) is 0. The van der Waals surface area contributed by atoms with Crippen molar-refractivity contribution in [2.75, 3.05) is 13.1 Å². The van der Waals surface area contributed by atoms with E-state index in [2.05, 4.69) is 9.89 Å². The van der Waals surface area contributed by atoms with Gasteiger partial charge in [-0.15, -0.1) is 0 Å². The predicted octanol–water partition coefficient (Wildman–Crippen LogP) is 1.45. The number of piperidine rings is 1. The van der Waals surface area contributed by atoms with Gasteiger partial charge in [-0.05, 0) is 32.2 Å². The van der Waals surface area contributed by atoms with Gasteiger partial charge in [-0.3, -0.25) is 9.89 Å². The Morgan fingerprint density at radius 1 is 1.00 bits per heavy atom. The molecule has 0 bridgehead atoms. The van der Waals surface area contributed by atoms with Crippen molar-refractivity contribution in [2.45, 2.75) is 63.5 Å². The van der Waals surface area contributed by atoms with E-state index in [9.17, 15) is 0 Å². The fourth-order valence-corrected chi connectivity index (χ4v) is 3.32. The zero-order chi connectivity index (χ0) is 12.1. The summed E-state index contributed by atoms with van der Waals surface area (Å²) in [6.07, 6.45) is 10.9. The number of hydrogen-bond donors (Lipinski definition) is 2. The normalized spacial score (nSPS) is 27.9. The Labute approximate surface area is 104 Å². The van der Waals surface area contributed by atoms with Crippen LogP contribution >= 0.6 is 0 Å². The van der Waals surface area contributed by atoms with E-state index in [1.54, 1.807) is 0 Å². The van der Waals surface area contributed by atoms with Crippen molar-refractivity contribution in [3.63, 3.8) is 0 Å². The van der Waals surface area contributed by atoms with Crippen molar-refractivity contribution >= 4 is 5.96 Å². The third kappa shape index (κ3) is 3.60. The molecule has 1 unspecified atom stereocenters. The molecule has 17 heavy (non-hydrogen) atoms. The molecule has 1 saturated carbocycles. The molecule has 2 rings (SSSR count).